The molecular formula is C13H11NO5. The summed E-state index contributed by atoms with van der Waals surface area (Å²) in [5.74, 6) is -2.13. The highest BCUT2D eigenvalue weighted by molar-refractivity contribution is 6.21. The molecule has 1 aromatic rings. The Morgan fingerprint density at radius 3 is 2.32 bits per heavy atom. The van der Waals surface area contributed by atoms with Gasteiger partial charge in [-0.2, -0.15) is 0 Å². The Labute approximate surface area is 108 Å². The van der Waals surface area contributed by atoms with Crippen molar-refractivity contribution >= 4 is 23.5 Å². The smallest absolute Gasteiger partial charge is 0.337 e. The van der Waals surface area contributed by atoms with Crippen molar-refractivity contribution in [3.63, 3.8) is 0 Å². The quantitative estimate of drug-likeness (QED) is 0.796. The third kappa shape index (κ3) is 1.72. The monoisotopic (exact) mass is 261 g/mol. The molecule has 0 spiro atoms. The zero-order valence-electron chi connectivity index (χ0n) is 9.91. The number of amides is 2. The standard InChI is InChI=1S/C13H11NO5/c15-11-9-5-6-10(19-9)12(16)14(11)8-4-2-1-3-7(8)13(17)18/h1-4,9-10H,5-6H2,(H,17,18). The van der Waals surface area contributed by atoms with E-state index in [0.717, 1.165) is 4.90 Å². The summed E-state index contributed by atoms with van der Waals surface area (Å²) in [7, 11) is 0. The molecule has 2 amide bonds. The van der Waals surface area contributed by atoms with Gasteiger partial charge in [0.1, 0.15) is 12.2 Å². The number of aromatic carboxylic acids is 1. The number of carbonyl (C=O) groups is 3. The molecule has 2 fully saturated rings. The largest absolute Gasteiger partial charge is 0.478 e. The minimum Gasteiger partial charge on any atom is -0.478 e. The summed E-state index contributed by atoms with van der Waals surface area (Å²) in [4.78, 5) is 36.4. The fraction of sp³-hybridized carbons (Fsp3) is 0.308. The maximum Gasteiger partial charge on any atom is 0.337 e. The molecule has 3 rings (SSSR count). The number of carbonyl (C=O) groups excluding carboxylic acids is 2. The third-order valence-electron chi connectivity index (χ3n) is 3.39. The van der Waals surface area contributed by atoms with E-state index >= 15 is 0 Å². The van der Waals surface area contributed by atoms with Crippen molar-refractivity contribution in [3.8, 4) is 0 Å². The summed E-state index contributed by atoms with van der Waals surface area (Å²) in [5.41, 5.74) is 0.0516. The number of carboxylic acid groups (broad SMARTS) is 1. The second-order valence-electron chi connectivity index (χ2n) is 4.52. The molecule has 6 nitrogen and oxygen atoms in total. The van der Waals surface area contributed by atoms with E-state index in [1.165, 1.54) is 12.1 Å². The Balaban J connectivity index is 2.09. The molecule has 2 heterocycles. The van der Waals surface area contributed by atoms with E-state index in [1.54, 1.807) is 12.1 Å². The van der Waals surface area contributed by atoms with Crippen LogP contribution >= 0.6 is 0 Å². The van der Waals surface area contributed by atoms with E-state index in [4.69, 9.17) is 9.84 Å². The highest BCUT2D eigenvalue weighted by atomic mass is 16.5. The Hall–Kier alpha value is -2.21. The molecule has 98 valence electrons. The van der Waals surface area contributed by atoms with Crippen molar-refractivity contribution in [2.75, 3.05) is 4.90 Å². The first-order valence-corrected chi connectivity index (χ1v) is 5.95. The van der Waals surface area contributed by atoms with Gasteiger partial charge in [0.15, 0.2) is 0 Å². The number of carboxylic acids is 1. The van der Waals surface area contributed by atoms with Gasteiger partial charge in [0, 0.05) is 0 Å². The number of nitrogens with zero attached hydrogens (tertiary/aromatic N) is 1. The van der Waals surface area contributed by atoms with E-state index < -0.39 is 30.0 Å². The van der Waals surface area contributed by atoms with Gasteiger partial charge in [-0.3, -0.25) is 9.59 Å². The summed E-state index contributed by atoms with van der Waals surface area (Å²) in [6, 6.07) is 5.98. The van der Waals surface area contributed by atoms with Gasteiger partial charge in [0.2, 0.25) is 0 Å². The molecule has 0 saturated carbocycles. The Bertz CT molecular complexity index is 560. The van der Waals surface area contributed by atoms with Crippen LogP contribution < -0.4 is 4.90 Å². The molecule has 2 aliphatic rings. The fourth-order valence-corrected chi connectivity index (χ4v) is 2.48. The number of para-hydroxylation sites is 1. The molecule has 2 saturated heterocycles. The number of benzene rings is 1. The highest BCUT2D eigenvalue weighted by Crippen LogP contribution is 2.33. The van der Waals surface area contributed by atoms with Crippen LogP contribution in [0, 0.1) is 0 Å². The molecule has 19 heavy (non-hydrogen) atoms. The minimum atomic E-state index is -1.17. The van der Waals surface area contributed by atoms with E-state index in [2.05, 4.69) is 0 Å². The lowest BCUT2D eigenvalue weighted by atomic mass is 10.1. The molecule has 0 aromatic heterocycles. The number of anilines is 1. The fourth-order valence-electron chi connectivity index (χ4n) is 2.48. The predicted molar refractivity (Wildman–Crippen MR) is 63.8 cm³/mol. The Morgan fingerprint density at radius 2 is 1.74 bits per heavy atom. The van der Waals surface area contributed by atoms with Crippen molar-refractivity contribution in [1.29, 1.82) is 0 Å². The molecule has 2 atom stereocenters. The van der Waals surface area contributed by atoms with Gasteiger partial charge in [-0.25, -0.2) is 9.69 Å². The van der Waals surface area contributed by atoms with Crippen LogP contribution in [0.1, 0.15) is 23.2 Å². The first-order chi connectivity index (χ1) is 9.09. The van der Waals surface area contributed by atoms with Gasteiger partial charge < -0.3 is 9.84 Å². The zero-order valence-corrected chi connectivity index (χ0v) is 9.91. The number of hydrogen-bond acceptors (Lipinski definition) is 4. The van der Waals surface area contributed by atoms with Gasteiger partial charge in [0.05, 0.1) is 11.3 Å². The van der Waals surface area contributed by atoms with Gasteiger partial charge in [-0.15, -0.1) is 0 Å². The number of imide groups is 1. The zero-order chi connectivity index (χ0) is 13.6. The number of rotatable bonds is 2. The van der Waals surface area contributed by atoms with Crippen molar-refractivity contribution < 1.29 is 24.2 Å². The van der Waals surface area contributed by atoms with E-state index in [0.29, 0.717) is 12.8 Å². The molecule has 2 unspecified atom stereocenters. The summed E-state index contributed by atoms with van der Waals surface area (Å²) in [5, 5.41) is 9.14. The maximum atomic E-state index is 12.2. The van der Waals surface area contributed by atoms with Crippen LogP contribution in [0.3, 0.4) is 0 Å². The molecule has 1 N–H and O–H groups in total. The normalized spacial score (nSPS) is 25.8. The molecule has 0 aliphatic carbocycles. The van der Waals surface area contributed by atoms with E-state index in [-0.39, 0.29) is 11.3 Å². The van der Waals surface area contributed by atoms with Crippen LogP contribution in [0.2, 0.25) is 0 Å². The van der Waals surface area contributed by atoms with E-state index in [1.807, 2.05) is 0 Å². The van der Waals surface area contributed by atoms with Crippen molar-refractivity contribution in [2.45, 2.75) is 25.0 Å². The van der Waals surface area contributed by atoms with E-state index in [9.17, 15) is 14.4 Å². The Morgan fingerprint density at radius 1 is 1.16 bits per heavy atom. The van der Waals surface area contributed by atoms with Crippen LogP contribution in [0.25, 0.3) is 0 Å². The lowest BCUT2D eigenvalue weighted by molar-refractivity contribution is -0.146. The van der Waals surface area contributed by atoms with Crippen LogP contribution in [0.5, 0.6) is 0 Å². The van der Waals surface area contributed by atoms with Crippen LogP contribution in [0.4, 0.5) is 5.69 Å². The molecule has 1 aromatic carbocycles. The second kappa shape index (κ2) is 4.17. The van der Waals surface area contributed by atoms with Crippen molar-refractivity contribution in [2.24, 2.45) is 0 Å². The van der Waals surface area contributed by atoms with Crippen molar-refractivity contribution in [1.82, 2.24) is 0 Å². The van der Waals surface area contributed by atoms with Crippen LogP contribution in [-0.4, -0.2) is 35.1 Å². The molecule has 2 aliphatic heterocycles. The summed E-state index contributed by atoms with van der Waals surface area (Å²) >= 11 is 0. The summed E-state index contributed by atoms with van der Waals surface area (Å²) in [6.45, 7) is 0. The number of morpholine rings is 1. The van der Waals surface area contributed by atoms with Gasteiger partial charge in [-0.05, 0) is 25.0 Å². The van der Waals surface area contributed by atoms with Gasteiger partial charge >= 0.3 is 5.97 Å². The highest BCUT2D eigenvalue weighted by Gasteiger charge is 2.47. The topological polar surface area (TPSA) is 83.9 Å². The first kappa shape index (κ1) is 11.9. The first-order valence-electron chi connectivity index (χ1n) is 5.95. The summed E-state index contributed by atoms with van der Waals surface area (Å²) < 4.78 is 5.29. The lowest BCUT2D eigenvalue weighted by Crippen LogP contribution is -2.52. The van der Waals surface area contributed by atoms with Crippen LogP contribution in [0.15, 0.2) is 24.3 Å². The number of ether oxygens (including phenoxy) is 1. The molecule has 6 heteroatoms. The Kier molecular flexibility index (Phi) is 2.60. The summed E-state index contributed by atoms with van der Waals surface area (Å²) in [6.07, 6.45) is -0.267. The molecule has 2 bridgehead atoms. The number of fused-ring (bicyclic) bond motifs is 2. The predicted octanol–water partition coefficient (Wildman–Crippen LogP) is 0.806. The van der Waals surface area contributed by atoms with Crippen LogP contribution in [-0.2, 0) is 14.3 Å². The van der Waals surface area contributed by atoms with Gasteiger partial charge in [0.25, 0.3) is 11.8 Å². The number of hydrogen-bond donors (Lipinski definition) is 1. The maximum absolute atomic E-state index is 12.2. The second-order valence-corrected chi connectivity index (χ2v) is 4.52. The lowest BCUT2D eigenvalue weighted by Gasteiger charge is -2.30. The minimum absolute atomic E-state index is 0.0644. The molecular weight excluding hydrogens is 250 g/mol. The van der Waals surface area contributed by atoms with Gasteiger partial charge in [-0.1, -0.05) is 12.1 Å². The average molecular weight is 261 g/mol. The third-order valence-corrected chi connectivity index (χ3v) is 3.39. The average Bonchev–Trinajstić information content (AvgIpc) is 2.84. The van der Waals surface area contributed by atoms with Crippen molar-refractivity contribution in [3.05, 3.63) is 29.8 Å². The molecule has 0 radical (unpaired) electrons. The SMILES string of the molecule is O=C(O)c1ccccc1N1C(=O)C2CCC(O2)C1=O.